The highest BCUT2D eigenvalue weighted by molar-refractivity contribution is 9.10. The van der Waals surface area contributed by atoms with E-state index in [1.54, 1.807) is 12.1 Å². The van der Waals surface area contributed by atoms with Crippen molar-refractivity contribution in [1.29, 1.82) is 0 Å². The van der Waals surface area contributed by atoms with Gasteiger partial charge in [0.05, 0.1) is 10.9 Å². The first-order chi connectivity index (χ1) is 9.16. The number of carbonyl (C=O) groups is 1. The summed E-state index contributed by atoms with van der Waals surface area (Å²) >= 11 is 3.39. The van der Waals surface area contributed by atoms with E-state index in [0.29, 0.717) is 17.9 Å². The van der Waals surface area contributed by atoms with Gasteiger partial charge in [0.15, 0.2) is 0 Å². The van der Waals surface area contributed by atoms with Crippen molar-refractivity contribution in [3.05, 3.63) is 64.1 Å². The molecule has 3 nitrogen and oxygen atoms in total. The zero-order valence-corrected chi connectivity index (χ0v) is 11.8. The van der Waals surface area contributed by atoms with Crippen LogP contribution in [0.4, 0.5) is 0 Å². The molecule has 2 rings (SSSR count). The second-order valence-electron chi connectivity index (χ2n) is 4.07. The Kier molecular flexibility index (Phi) is 4.58. The van der Waals surface area contributed by atoms with Crippen LogP contribution >= 0.6 is 15.9 Å². The first-order valence-electron chi connectivity index (χ1n) is 5.82. The number of hydrogen-bond acceptors (Lipinski definition) is 2. The molecular formula is C15H13BrO3. The molecule has 98 valence electrons. The molecule has 0 saturated carbocycles. The lowest BCUT2D eigenvalue weighted by molar-refractivity contribution is -0.136. The number of aliphatic carboxylic acids is 1. The predicted octanol–water partition coefficient (Wildman–Crippen LogP) is 3.66. The van der Waals surface area contributed by atoms with E-state index in [1.807, 2.05) is 36.4 Å². The van der Waals surface area contributed by atoms with Crippen LogP contribution in [0, 0.1) is 0 Å². The van der Waals surface area contributed by atoms with Crippen molar-refractivity contribution in [1.82, 2.24) is 0 Å². The molecule has 0 fully saturated rings. The molecule has 0 aliphatic heterocycles. The molecule has 19 heavy (non-hydrogen) atoms. The van der Waals surface area contributed by atoms with Gasteiger partial charge in [0.1, 0.15) is 12.4 Å². The van der Waals surface area contributed by atoms with Crippen LogP contribution in [0.2, 0.25) is 0 Å². The number of hydrogen-bond donors (Lipinski definition) is 1. The van der Waals surface area contributed by atoms with Crippen LogP contribution in [0.25, 0.3) is 0 Å². The van der Waals surface area contributed by atoms with E-state index in [0.717, 1.165) is 10.0 Å². The Balaban J connectivity index is 2.17. The average Bonchev–Trinajstić information content (AvgIpc) is 2.38. The molecule has 0 heterocycles. The van der Waals surface area contributed by atoms with Crippen molar-refractivity contribution in [3.63, 3.8) is 0 Å². The minimum absolute atomic E-state index is 0.0520. The highest BCUT2D eigenvalue weighted by Crippen LogP contribution is 2.30. The minimum atomic E-state index is -0.873. The van der Waals surface area contributed by atoms with Crippen molar-refractivity contribution < 1.29 is 14.6 Å². The standard InChI is InChI=1S/C15H13BrO3/c16-13-8-4-7-12(9-14(17)18)15(13)19-10-11-5-2-1-3-6-11/h1-8H,9-10H2,(H,17,18). The van der Waals surface area contributed by atoms with Gasteiger partial charge < -0.3 is 9.84 Å². The number of ether oxygens (including phenoxy) is 1. The number of para-hydroxylation sites is 1. The fraction of sp³-hybridized carbons (Fsp3) is 0.133. The van der Waals surface area contributed by atoms with Gasteiger partial charge >= 0.3 is 5.97 Å². The van der Waals surface area contributed by atoms with Gasteiger partial charge in [0.25, 0.3) is 0 Å². The Hall–Kier alpha value is -1.81. The number of benzene rings is 2. The van der Waals surface area contributed by atoms with Gasteiger partial charge in [-0.3, -0.25) is 4.79 Å². The maximum absolute atomic E-state index is 10.8. The Morgan fingerprint density at radius 2 is 1.84 bits per heavy atom. The summed E-state index contributed by atoms with van der Waals surface area (Å²) in [5.41, 5.74) is 1.71. The third-order valence-corrected chi connectivity index (χ3v) is 3.24. The molecule has 2 aromatic carbocycles. The number of carboxylic acids is 1. The van der Waals surface area contributed by atoms with Gasteiger partial charge in [0, 0.05) is 5.56 Å². The quantitative estimate of drug-likeness (QED) is 0.914. The monoisotopic (exact) mass is 320 g/mol. The number of rotatable bonds is 5. The van der Waals surface area contributed by atoms with Crippen LogP contribution in [0.15, 0.2) is 53.0 Å². The normalized spacial score (nSPS) is 10.2. The van der Waals surface area contributed by atoms with E-state index in [9.17, 15) is 4.79 Å². The molecule has 0 aromatic heterocycles. The van der Waals surface area contributed by atoms with E-state index in [-0.39, 0.29) is 6.42 Å². The van der Waals surface area contributed by atoms with Crippen molar-refractivity contribution in [3.8, 4) is 5.75 Å². The number of carboxylic acid groups (broad SMARTS) is 1. The zero-order chi connectivity index (χ0) is 13.7. The van der Waals surface area contributed by atoms with Gasteiger partial charge in [-0.25, -0.2) is 0 Å². The Bertz CT molecular complexity index is 567. The molecule has 0 radical (unpaired) electrons. The summed E-state index contributed by atoms with van der Waals surface area (Å²) in [6.07, 6.45) is -0.0520. The molecule has 0 aliphatic carbocycles. The highest BCUT2D eigenvalue weighted by Gasteiger charge is 2.11. The average molecular weight is 321 g/mol. The Morgan fingerprint density at radius 1 is 1.11 bits per heavy atom. The predicted molar refractivity (Wildman–Crippen MR) is 76.3 cm³/mol. The van der Waals surface area contributed by atoms with E-state index in [1.165, 1.54) is 0 Å². The lowest BCUT2D eigenvalue weighted by atomic mass is 10.1. The molecule has 4 heteroatoms. The molecule has 0 saturated heterocycles. The van der Waals surface area contributed by atoms with Crippen LogP contribution in [0.1, 0.15) is 11.1 Å². The second kappa shape index (κ2) is 6.38. The van der Waals surface area contributed by atoms with E-state index in [4.69, 9.17) is 9.84 Å². The van der Waals surface area contributed by atoms with Crippen LogP contribution in [0.5, 0.6) is 5.75 Å². The molecule has 2 aromatic rings. The van der Waals surface area contributed by atoms with Crippen molar-refractivity contribution in [2.24, 2.45) is 0 Å². The fourth-order valence-corrected chi connectivity index (χ4v) is 2.27. The summed E-state index contributed by atoms with van der Waals surface area (Å²) in [5.74, 6) is -0.281. The smallest absolute Gasteiger partial charge is 0.307 e. The first kappa shape index (κ1) is 13.6. The molecular weight excluding hydrogens is 308 g/mol. The zero-order valence-electron chi connectivity index (χ0n) is 10.2. The number of halogens is 1. The topological polar surface area (TPSA) is 46.5 Å². The van der Waals surface area contributed by atoms with Gasteiger partial charge in [-0.05, 0) is 27.6 Å². The van der Waals surface area contributed by atoms with Crippen LogP contribution in [0.3, 0.4) is 0 Å². The Morgan fingerprint density at radius 3 is 2.53 bits per heavy atom. The molecule has 1 N–H and O–H groups in total. The van der Waals surface area contributed by atoms with E-state index in [2.05, 4.69) is 15.9 Å². The lowest BCUT2D eigenvalue weighted by Gasteiger charge is -2.12. The van der Waals surface area contributed by atoms with Crippen LogP contribution in [-0.4, -0.2) is 11.1 Å². The van der Waals surface area contributed by atoms with Gasteiger partial charge in [-0.15, -0.1) is 0 Å². The summed E-state index contributed by atoms with van der Waals surface area (Å²) in [6, 6.07) is 15.2. The summed E-state index contributed by atoms with van der Waals surface area (Å²) in [6.45, 7) is 0.413. The first-order valence-corrected chi connectivity index (χ1v) is 6.62. The maximum atomic E-state index is 10.8. The summed E-state index contributed by atoms with van der Waals surface area (Å²) in [5, 5.41) is 8.90. The van der Waals surface area contributed by atoms with Gasteiger partial charge in [0.2, 0.25) is 0 Å². The summed E-state index contributed by atoms with van der Waals surface area (Å²) < 4.78 is 6.51. The van der Waals surface area contributed by atoms with Gasteiger partial charge in [-0.2, -0.15) is 0 Å². The van der Waals surface area contributed by atoms with E-state index < -0.39 is 5.97 Å². The molecule has 0 spiro atoms. The second-order valence-corrected chi connectivity index (χ2v) is 4.93. The summed E-state index contributed by atoms with van der Waals surface area (Å²) in [7, 11) is 0. The molecule has 0 atom stereocenters. The van der Waals surface area contributed by atoms with Crippen LogP contribution in [-0.2, 0) is 17.8 Å². The molecule has 0 aliphatic rings. The molecule has 0 bridgehead atoms. The third kappa shape index (κ3) is 3.83. The lowest BCUT2D eigenvalue weighted by Crippen LogP contribution is -2.04. The molecule has 0 unspecified atom stereocenters. The summed E-state index contributed by atoms with van der Waals surface area (Å²) in [4.78, 5) is 10.8. The van der Waals surface area contributed by atoms with Gasteiger partial charge in [-0.1, -0.05) is 42.5 Å². The van der Waals surface area contributed by atoms with Crippen LogP contribution < -0.4 is 4.74 Å². The van der Waals surface area contributed by atoms with Crippen molar-refractivity contribution in [2.45, 2.75) is 13.0 Å². The fourth-order valence-electron chi connectivity index (χ4n) is 1.75. The van der Waals surface area contributed by atoms with Crippen molar-refractivity contribution in [2.75, 3.05) is 0 Å². The maximum Gasteiger partial charge on any atom is 0.307 e. The SMILES string of the molecule is O=C(O)Cc1cccc(Br)c1OCc1ccccc1. The largest absolute Gasteiger partial charge is 0.487 e. The highest BCUT2D eigenvalue weighted by atomic mass is 79.9. The molecule has 0 amide bonds. The minimum Gasteiger partial charge on any atom is -0.487 e. The third-order valence-electron chi connectivity index (χ3n) is 2.62. The van der Waals surface area contributed by atoms with Crippen molar-refractivity contribution >= 4 is 21.9 Å². The van der Waals surface area contributed by atoms with E-state index >= 15 is 0 Å². The Labute approximate surface area is 120 Å².